The number of rotatable bonds is 13. The smallest absolute Gasteiger partial charge is 0.329 e. The number of carbonyl (C=O) groups excluding carboxylic acids is 3. The van der Waals surface area contributed by atoms with E-state index in [0.29, 0.717) is 43.1 Å². The molecule has 3 aromatic carbocycles. The minimum atomic E-state index is -0.689. The molecular formula is C42H57NO7. The van der Waals surface area contributed by atoms with Gasteiger partial charge in [-0.15, -0.1) is 0 Å². The lowest BCUT2D eigenvalue weighted by Gasteiger charge is -2.36. The number of ketones is 1. The van der Waals surface area contributed by atoms with E-state index in [1.54, 1.807) is 25.2 Å². The van der Waals surface area contributed by atoms with Gasteiger partial charge in [0.15, 0.2) is 17.3 Å². The number of likely N-dealkylation sites (tertiary alicyclic amines) is 1. The third kappa shape index (κ3) is 11.4. The van der Waals surface area contributed by atoms with Gasteiger partial charge in [0.05, 0.1) is 20.1 Å². The summed E-state index contributed by atoms with van der Waals surface area (Å²) in [4.78, 5) is 41.2. The zero-order valence-corrected chi connectivity index (χ0v) is 31.8. The summed E-state index contributed by atoms with van der Waals surface area (Å²) in [5.74, 6) is 1.45. The number of piperidine rings is 1. The summed E-state index contributed by atoms with van der Waals surface area (Å²) in [7, 11) is 3.17. The van der Waals surface area contributed by atoms with Gasteiger partial charge in [0.1, 0.15) is 24.5 Å². The Bertz CT molecular complexity index is 1590. The predicted molar refractivity (Wildman–Crippen MR) is 198 cm³/mol. The number of aryl methyl sites for hydroxylation is 4. The summed E-state index contributed by atoms with van der Waals surface area (Å²) in [6, 6.07) is 16.8. The van der Waals surface area contributed by atoms with Crippen molar-refractivity contribution in [1.82, 2.24) is 4.90 Å². The standard InChI is InChI=1S/C38H47NO7.C4H10/c1-24-14-15-29(19-25(24)2)16-17-34(30-11-10-12-32(21-30)45-23-27(4)40)46-38(42)33-13-8-9-18-39(33)37(41)28(5)31-20-26(3)36(44-7)35(22-31)43-6;1-4(2)3/h10-12,14-15,19-22,28,33-34H,8-9,13,16-18,23H2,1-7H3;4H,1-3H3/t28-,33-,34+;/m0./s1. The lowest BCUT2D eigenvalue weighted by atomic mass is 9.94. The fourth-order valence-corrected chi connectivity index (χ4v) is 6.02. The fourth-order valence-electron chi connectivity index (χ4n) is 6.02. The zero-order chi connectivity index (χ0) is 37.0. The summed E-state index contributed by atoms with van der Waals surface area (Å²) in [6.07, 6.45) is 2.86. The summed E-state index contributed by atoms with van der Waals surface area (Å²) >= 11 is 0. The molecule has 1 fully saturated rings. The van der Waals surface area contributed by atoms with Crippen molar-refractivity contribution < 1.29 is 33.3 Å². The van der Waals surface area contributed by atoms with E-state index in [9.17, 15) is 14.4 Å². The highest BCUT2D eigenvalue weighted by molar-refractivity contribution is 5.89. The molecule has 1 amide bonds. The van der Waals surface area contributed by atoms with Crippen LogP contribution in [0, 0.1) is 26.7 Å². The fraction of sp³-hybridized carbons (Fsp3) is 0.500. The van der Waals surface area contributed by atoms with Crippen molar-refractivity contribution in [3.63, 3.8) is 0 Å². The van der Waals surface area contributed by atoms with Crippen LogP contribution in [0.25, 0.3) is 0 Å². The van der Waals surface area contributed by atoms with Gasteiger partial charge >= 0.3 is 5.97 Å². The lowest BCUT2D eigenvalue weighted by molar-refractivity contribution is -0.162. The minimum Gasteiger partial charge on any atom is -0.493 e. The van der Waals surface area contributed by atoms with Crippen LogP contribution in [0.1, 0.15) is 106 Å². The molecule has 0 spiro atoms. The van der Waals surface area contributed by atoms with Crippen LogP contribution >= 0.6 is 0 Å². The van der Waals surface area contributed by atoms with Crippen molar-refractivity contribution in [3.05, 3.63) is 88.0 Å². The van der Waals surface area contributed by atoms with E-state index in [0.717, 1.165) is 41.0 Å². The third-order valence-electron chi connectivity index (χ3n) is 8.81. The largest absolute Gasteiger partial charge is 0.493 e. The second-order valence-electron chi connectivity index (χ2n) is 14.0. The highest BCUT2D eigenvalue weighted by Gasteiger charge is 2.37. The molecule has 0 aromatic heterocycles. The second-order valence-corrected chi connectivity index (χ2v) is 14.0. The molecule has 0 saturated carbocycles. The first kappa shape index (κ1) is 40.1. The summed E-state index contributed by atoms with van der Waals surface area (Å²) in [5.41, 5.74) is 6.03. The summed E-state index contributed by atoms with van der Waals surface area (Å²) in [5, 5.41) is 0. The van der Waals surface area contributed by atoms with Crippen molar-refractivity contribution in [3.8, 4) is 17.2 Å². The predicted octanol–water partition coefficient (Wildman–Crippen LogP) is 8.66. The van der Waals surface area contributed by atoms with Crippen molar-refractivity contribution in [2.75, 3.05) is 27.4 Å². The Labute approximate surface area is 299 Å². The van der Waals surface area contributed by atoms with Crippen LogP contribution in [-0.2, 0) is 25.5 Å². The van der Waals surface area contributed by atoms with E-state index in [-0.39, 0.29) is 18.3 Å². The SMILES string of the molecule is CC(C)C.COc1cc([C@H](C)C(=O)N2CCCC[C@H]2C(=O)O[C@H](CCc2ccc(C)c(C)c2)c2cccc(OCC(C)=O)c2)cc(C)c1OC. The molecule has 0 N–H and O–H groups in total. The third-order valence-corrected chi connectivity index (χ3v) is 8.81. The lowest BCUT2D eigenvalue weighted by Crippen LogP contribution is -2.50. The van der Waals surface area contributed by atoms with Crippen molar-refractivity contribution in [2.45, 2.75) is 106 Å². The van der Waals surface area contributed by atoms with Gasteiger partial charge in [0.2, 0.25) is 5.91 Å². The normalized spacial score (nSPS) is 15.3. The molecule has 272 valence electrons. The summed E-state index contributed by atoms with van der Waals surface area (Å²) < 4.78 is 23.0. The van der Waals surface area contributed by atoms with Crippen molar-refractivity contribution >= 4 is 17.7 Å². The number of ether oxygens (including phenoxy) is 4. The van der Waals surface area contributed by atoms with Gasteiger partial charge in [-0.3, -0.25) is 9.59 Å². The molecule has 1 heterocycles. The maximum atomic E-state index is 14.0. The molecule has 1 aliphatic heterocycles. The number of esters is 1. The van der Waals surface area contributed by atoms with Crippen LogP contribution in [0.5, 0.6) is 17.2 Å². The molecule has 4 rings (SSSR count). The molecule has 3 aromatic rings. The molecule has 50 heavy (non-hydrogen) atoms. The Balaban J connectivity index is 0.00000160. The maximum absolute atomic E-state index is 14.0. The second kappa shape index (κ2) is 19.2. The Kier molecular flexibility index (Phi) is 15.4. The number of hydrogen-bond acceptors (Lipinski definition) is 7. The van der Waals surface area contributed by atoms with Gasteiger partial charge in [-0.25, -0.2) is 4.79 Å². The molecule has 1 aliphatic rings. The molecule has 0 unspecified atom stereocenters. The van der Waals surface area contributed by atoms with Gasteiger partial charge in [0.25, 0.3) is 0 Å². The van der Waals surface area contributed by atoms with Gasteiger partial charge in [-0.1, -0.05) is 57.2 Å². The molecule has 1 saturated heterocycles. The van der Waals surface area contributed by atoms with E-state index in [2.05, 4.69) is 52.8 Å². The average molecular weight is 688 g/mol. The van der Waals surface area contributed by atoms with E-state index < -0.39 is 24.0 Å². The van der Waals surface area contributed by atoms with Crippen LogP contribution in [0.3, 0.4) is 0 Å². The Hall–Kier alpha value is -4.33. The number of carbonyl (C=O) groups is 3. The number of benzene rings is 3. The quantitative estimate of drug-likeness (QED) is 0.166. The summed E-state index contributed by atoms with van der Waals surface area (Å²) in [6.45, 7) is 16.4. The molecule has 0 bridgehead atoms. The molecule has 0 aliphatic carbocycles. The minimum absolute atomic E-state index is 0.0343. The monoisotopic (exact) mass is 687 g/mol. The number of amides is 1. The van der Waals surface area contributed by atoms with Gasteiger partial charge in [-0.2, -0.15) is 0 Å². The first-order valence-corrected chi connectivity index (χ1v) is 17.8. The number of Topliss-reactive ketones (excluding diaryl/α,β-unsaturated/α-hetero) is 1. The van der Waals surface area contributed by atoms with E-state index in [1.165, 1.54) is 18.1 Å². The van der Waals surface area contributed by atoms with Gasteiger partial charge in [0, 0.05) is 6.54 Å². The Morgan fingerprint density at radius 1 is 0.840 bits per heavy atom. The Morgan fingerprint density at radius 3 is 2.20 bits per heavy atom. The first-order valence-electron chi connectivity index (χ1n) is 17.8. The highest BCUT2D eigenvalue weighted by atomic mass is 16.5. The van der Waals surface area contributed by atoms with Crippen molar-refractivity contribution in [2.24, 2.45) is 5.92 Å². The van der Waals surface area contributed by atoms with Crippen LogP contribution in [-0.4, -0.2) is 56.0 Å². The van der Waals surface area contributed by atoms with Crippen molar-refractivity contribution in [1.29, 1.82) is 0 Å². The average Bonchev–Trinajstić information content (AvgIpc) is 3.09. The number of hydrogen-bond donors (Lipinski definition) is 0. The zero-order valence-electron chi connectivity index (χ0n) is 31.8. The first-order chi connectivity index (χ1) is 23.7. The molecule has 8 nitrogen and oxygen atoms in total. The van der Waals surface area contributed by atoms with E-state index in [4.69, 9.17) is 18.9 Å². The topological polar surface area (TPSA) is 91.4 Å². The molecular weight excluding hydrogens is 630 g/mol. The molecule has 0 radical (unpaired) electrons. The van der Waals surface area contributed by atoms with Crippen LogP contribution in [0.2, 0.25) is 0 Å². The molecule has 3 atom stereocenters. The van der Waals surface area contributed by atoms with E-state index >= 15 is 0 Å². The van der Waals surface area contributed by atoms with Crippen LogP contribution in [0.4, 0.5) is 0 Å². The highest BCUT2D eigenvalue weighted by Crippen LogP contribution is 2.36. The van der Waals surface area contributed by atoms with E-state index in [1.807, 2.05) is 44.2 Å². The Morgan fingerprint density at radius 2 is 1.56 bits per heavy atom. The van der Waals surface area contributed by atoms with Gasteiger partial charge < -0.3 is 23.8 Å². The number of nitrogens with zero attached hydrogens (tertiary/aromatic N) is 1. The molecule has 8 heteroatoms. The van der Waals surface area contributed by atoms with Gasteiger partial charge in [-0.05, 0) is 124 Å². The van der Waals surface area contributed by atoms with Crippen LogP contribution < -0.4 is 14.2 Å². The maximum Gasteiger partial charge on any atom is 0.329 e. The van der Waals surface area contributed by atoms with Crippen LogP contribution in [0.15, 0.2) is 54.6 Å². The number of methoxy groups -OCH3 is 2.